The van der Waals surface area contributed by atoms with Crippen LogP contribution in [-0.4, -0.2) is 21.6 Å². The Morgan fingerprint density at radius 3 is 2.63 bits per heavy atom. The predicted molar refractivity (Wildman–Crippen MR) is 126 cm³/mol. The summed E-state index contributed by atoms with van der Waals surface area (Å²) in [6.45, 7) is 4.80. The summed E-state index contributed by atoms with van der Waals surface area (Å²) >= 11 is 3.12. The molecule has 0 aliphatic heterocycles. The molecule has 0 spiro atoms. The van der Waals surface area contributed by atoms with Crippen LogP contribution in [0.3, 0.4) is 0 Å². The second kappa shape index (κ2) is 9.41. The lowest BCUT2D eigenvalue weighted by atomic mass is 10.0. The summed E-state index contributed by atoms with van der Waals surface area (Å²) < 4.78 is 1.11. The van der Waals surface area contributed by atoms with E-state index in [0.29, 0.717) is 18.2 Å². The highest BCUT2D eigenvalue weighted by Gasteiger charge is 2.21. The van der Waals surface area contributed by atoms with E-state index in [2.05, 4.69) is 37.0 Å². The third-order valence-electron chi connectivity index (χ3n) is 4.76. The lowest BCUT2D eigenvalue weighted by Crippen LogP contribution is -2.31. The van der Waals surface area contributed by atoms with Gasteiger partial charge in [0.2, 0.25) is 5.91 Å². The molecule has 0 N–H and O–H groups in total. The number of thioether (sulfide) groups is 1. The SMILES string of the molecule is CC(C)c1cccc2sc(N(Cc3cccnc3)C(=O)CSc3ccccc3)nc12. The lowest BCUT2D eigenvalue weighted by molar-refractivity contribution is -0.116. The molecule has 0 saturated heterocycles. The van der Waals surface area contributed by atoms with Crippen LogP contribution in [0, 0.1) is 0 Å². The van der Waals surface area contributed by atoms with Gasteiger partial charge in [-0.05, 0) is 41.3 Å². The molecule has 4 aromatic rings. The summed E-state index contributed by atoms with van der Waals surface area (Å²) in [6.07, 6.45) is 3.55. The number of anilines is 1. The van der Waals surface area contributed by atoms with Gasteiger partial charge in [0.15, 0.2) is 5.13 Å². The Balaban J connectivity index is 1.65. The zero-order chi connectivity index (χ0) is 20.9. The summed E-state index contributed by atoms with van der Waals surface area (Å²) in [4.78, 5) is 25.2. The maximum atomic E-state index is 13.3. The van der Waals surface area contributed by atoms with Crippen LogP contribution in [0.5, 0.6) is 0 Å². The molecule has 2 aromatic carbocycles. The second-order valence-corrected chi connectivity index (χ2v) is 9.35. The molecule has 0 aliphatic rings. The van der Waals surface area contributed by atoms with Crippen molar-refractivity contribution in [2.24, 2.45) is 0 Å². The Kier molecular flexibility index (Phi) is 6.45. The van der Waals surface area contributed by atoms with Gasteiger partial charge in [-0.15, -0.1) is 11.8 Å². The van der Waals surface area contributed by atoms with Crippen LogP contribution in [0.1, 0.15) is 30.9 Å². The van der Waals surface area contributed by atoms with Gasteiger partial charge in [-0.1, -0.05) is 61.6 Å². The Morgan fingerprint density at radius 1 is 1.07 bits per heavy atom. The van der Waals surface area contributed by atoms with E-state index >= 15 is 0 Å². The molecule has 30 heavy (non-hydrogen) atoms. The average Bonchev–Trinajstić information content (AvgIpc) is 3.21. The number of nitrogens with zero attached hydrogens (tertiary/aromatic N) is 3. The van der Waals surface area contributed by atoms with E-state index in [1.807, 2.05) is 42.5 Å². The van der Waals surface area contributed by atoms with Gasteiger partial charge in [-0.25, -0.2) is 4.98 Å². The topological polar surface area (TPSA) is 46.1 Å². The second-order valence-electron chi connectivity index (χ2n) is 7.29. The van der Waals surface area contributed by atoms with E-state index in [1.54, 1.807) is 40.4 Å². The number of aromatic nitrogens is 2. The largest absolute Gasteiger partial charge is 0.283 e. The van der Waals surface area contributed by atoms with Crippen molar-refractivity contribution in [2.75, 3.05) is 10.7 Å². The summed E-state index contributed by atoms with van der Waals surface area (Å²) in [5, 5.41) is 0.737. The highest BCUT2D eigenvalue weighted by Crippen LogP contribution is 2.34. The van der Waals surface area contributed by atoms with Crippen molar-refractivity contribution >= 4 is 44.4 Å². The number of hydrogen-bond donors (Lipinski definition) is 0. The van der Waals surface area contributed by atoms with Gasteiger partial charge >= 0.3 is 0 Å². The third-order valence-corrected chi connectivity index (χ3v) is 6.80. The highest BCUT2D eigenvalue weighted by molar-refractivity contribution is 8.00. The van der Waals surface area contributed by atoms with Crippen molar-refractivity contribution in [1.29, 1.82) is 0 Å². The van der Waals surface area contributed by atoms with E-state index in [1.165, 1.54) is 5.56 Å². The molecule has 152 valence electrons. The van der Waals surface area contributed by atoms with E-state index in [-0.39, 0.29) is 5.91 Å². The number of carbonyl (C=O) groups is 1. The van der Waals surface area contributed by atoms with Crippen molar-refractivity contribution < 1.29 is 4.79 Å². The van der Waals surface area contributed by atoms with E-state index in [4.69, 9.17) is 4.98 Å². The molecule has 0 radical (unpaired) electrons. The van der Waals surface area contributed by atoms with Crippen LogP contribution >= 0.6 is 23.1 Å². The number of hydrogen-bond acceptors (Lipinski definition) is 5. The van der Waals surface area contributed by atoms with E-state index in [0.717, 1.165) is 25.8 Å². The molecule has 0 aliphatic carbocycles. The molecule has 0 saturated carbocycles. The number of amides is 1. The Hall–Kier alpha value is -2.70. The molecular weight excluding hydrogens is 410 g/mol. The minimum Gasteiger partial charge on any atom is -0.283 e. The Bertz CT molecular complexity index is 1130. The highest BCUT2D eigenvalue weighted by atomic mass is 32.2. The lowest BCUT2D eigenvalue weighted by Gasteiger charge is -2.19. The molecule has 4 rings (SSSR count). The number of rotatable bonds is 7. The number of carbonyl (C=O) groups excluding carboxylic acids is 1. The first-order chi connectivity index (χ1) is 14.6. The fourth-order valence-corrected chi connectivity index (χ4v) is 5.03. The van der Waals surface area contributed by atoms with Gasteiger partial charge in [-0.2, -0.15) is 0 Å². The number of para-hydroxylation sites is 1. The molecule has 4 nitrogen and oxygen atoms in total. The smallest absolute Gasteiger partial charge is 0.239 e. The maximum absolute atomic E-state index is 13.3. The molecule has 2 heterocycles. The van der Waals surface area contributed by atoms with Gasteiger partial charge < -0.3 is 0 Å². The van der Waals surface area contributed by atoms with Crippen molar-refractivity contribution in [3.05, 3.63) is 84.2 Å². The summed E-state index contributed by atoms with van der Waals surface area (Å²) in [5.41, 5.74) is 3.19. The van der Waals surface area contributed by atoms with Gasteiger partial charge in [0.25, 0.3) is 0 Å². The quantitative estimate of drug-likeness (QED) is 0.328. The van der Waals surface area contributed by atoms with Crippen LogP contribution in [-0.2, 0) is 11.3 Å². The average molecular weight is 434 g/mol. The van der Waals surface area contributed by atoms with Gasteiger partial charge in [0.1, 0.15) is 0 Å². The molecule has 6 heteroatoms. The van der Waals surface area contributed by atoms with E-state index in [9.17, 15) is 4.79 Å². The zero-order valence-corrected chi connectivity index (χ0v) is 18.6. The number of benzene rings is 2. The Morgan fingerprint density at radius 2 is 1.90 bits per heavy atom. The standard InChI is InChI=1S/C24H23N3OS2/c1-17(2)20-11-6-12-21-23(20)26-24(30-21)27(15-18-8-7-13-25-14-18)22(28)16-29-19-9-4-3-5-10-19/h3-14,17H,15-16H2,1-2H3. The molecule has 0 atom stereocenters. The summed E-state index contributed by atoms with van der Waals surface area (Å²) in [5.74, 6) is 0.773. The minimum absolute atomic E-state index is 0.0397. The molecule has 0 bridgehead atoms. The fourth-order valence-electron chi connectivity index (χ4n) is 3.22. The monoisotopic (exact) mass is 433 g/mol. The number of pyridine rings is 1. The number of fused-ring (bicyclic) bond motifs is 1. The normalized spacial score (nSPS) is 11.2. The fraction of sp³-hybridized carbons (Fsp3) is 0.208. The third kappa shape index (κ3) is 4.71. The first-order valence-electron chi connectivity index (χ1n) is 9.88. The van der Waals surface area contributed by atoms with Crippen molar-refractivity contribution in [3.8, 4) is 0 Å². The van der Waals surface area contributed by atoms with Crippen LogP contribution < -0.4 is 4.90 Å². The minimum atomic E-state index is 0.0397. The Labute approximate surface area is 185 Å². The maximum Gasteiger partial charge on any atom is 0.239 e. The molecule has 2 aromatic heterocycles. The van der Waals surface area contributed by atoms with Crippen molar-refractivity contribution in [3.63, 3.8) is 0 Å². The molecular formula is C24H23N3OS2. The molecule has 0 fully saturated rings. The van der Waals surface area contributed by atoms with Gasteiger partial charge in [0, 0.05) is 17.3 Å². The van der Waals surface area contributed by atoms with E-state index < -0.39 is 0 Å². The zero-order valence-electron chi connectivity index (χ0n) is 17.0. The summed E-state index contributed by atoms with van der Waals surface area (Å²) in [6, 6.07) is 20.2. The number of thiazole rings is 1. The first-order valence-corrected chi connectivity index (χ1v) is 11.7. The predicted octanol–water partition coefficient (Wildman–Crippen LogP) is 6.14. The molecule has 1 amide bonds. The van der Waals surface area contributed by atoms with Gasteiger partial charge in [0.05, 0.1) is 22.5 Å². The van der Waals surface area contributed by atoms with Crippen LogP contribution in [0.4, 0.5) is 5.13 Å². The molecule has 0 unspecified atom stereocenters. The first kappa shape index (κ1) is 20.6. The van der Waals surface area contributed by atoms with Crippen molar-refractivity contribution in [2.45, 2.75) is 31.2 Å². The van der Waals surface area contributed by atoms with Crippen LogP contribution in [0.25, 0.3) is 10.2 Å². The van der Waals surface area contributed by atoms with Crippen molar-refractivity contribution in [1.82, 2.24) is 9.97 Å². The van der Waals surface area contributed by atoms with Crippen LogP contribution in [0.15, 0.2) is 78.0 Å². The van der Waals surface area contributed by atoms with Crippen LogP contribution in [0.2, 0.25) is 0 Å². The van der Waals surface area contributed by atoms with Gasteiger partial charge in [-0.3, -0.25) is 14.7 Å². The summed E-state index contributed by atoms with van der Waals surface area (Å²) in [7, 11) is 0.